The van der Waals surface area contributed by atoms with E-state index in [4.69, 9.17) is 10.5 Å². The number of aromatic nitrogens is 3. The third kappa shape index (κ3) is 4.33. The van der Waals surface area contributed by atoms with Gasteiger partial charge in [-0.3, -0.25) is 4.79 Å². The van der Waals surface area contributed by atoms with E-state index in [9.17, 15) is 9.59 Å². The minimum absolute atomic E-state index is 0.125. The van der Waals surface area contributed by atoms with E-state index in [2.05, 4.69) is 20.7 Å². The number of nitrogens with zero attached hydrogens (tertiary/aromatic N) is 3. The Kier molecular flexibility index (Phi) is 5.95. The highest BCUT2D eigenvalue weighted by Gasteiger charge is 2.22. The lowest BCUT2D eigenvalue weighted by molar-refractivity contribution is 0.104. The summed E-state index contributed by atoms with van der Waals surface area (Å²) < 4.78 is 6.91. The number of hydrogen-bond donors (Lipinski definition) is 3. The van der Waals surface area contributed by atoms with Crippen LogP contribution in [0.25, 0.3) is 5.52 Å². The molecule has 0 saturated carbocycles. The molecule has 33 heavy (non-hydrogen) atoms. The molecule has 2 aromatic carbocycles. The number of carbonyl (C=O) groups excluding carboxylic acids is 2. The van der Waals surface area contributed by atoms with Crippen LogP contribution in [-0.4, -0.2) is 33.5 Å². The van der Waals surface area contributed by atoms with E-state index < -0.39 is 6.03 Å². The fourth-order valence-electron chi connectivity index (χ4n) is 3.60. The van der Waals surface area contributed by atoms with Crippen molar-refractivity contribution < 1.29 is 14.3 Å². The van der Waals surface area contributed by atoms with E-state index in [1.165, 1.54) is 13.4 Å². The number of ether oxygens (including phenoxy) is 1. The van der Waals surface area contributed by atoms with E-state index in [0.717, 1.165) is 5.69 Å². The summed E-state index contributed by atoms with van der Waals surface area (Å²) >= 11 is 0. The average Bonchev–Trinajstić information content (AvgIpc) is 3.20. The van der Waals surface area contributed by atoms with Crippen LogP contribution < -0.4 is 21.1 Å². The second-order valence-electron chi connectivity index (χ2n) is 7.73. The first-order valence-corrected chi connectivity index (χ1v) is 10.4. The number of para-hydroxylation sites is 2. The molecule has 0 radical (unpaired) electrons. The predicted molar refractivity (Wildman–Crippen MR) is 127 cm³/mol. The van der Waals surface area contributed by atoms with Crippen molar-refractivity contribution in [3.05, 3.63) is 77.7 Å². The Balaban J connectivity index is 1.61. The Labute approximate surface area is 190 Å². The first-order chi connectivity index (χ1) is 15.9. The minimum atomic E-state index is -0.460. The van der Waals surface area contributed by atoms with Gasteiger partial charge in [0.15, 0.2) is 11.6 Å². The van der Waals surface area contributed by atoms with Crippen LogP contribution in [0.1, 0.15) is 41.4 Å². The highest BCUT2D eigenvalue weighted by molar-refractivity contribution is 6.15. The highest BCUT2D eigenvalue weighted by atomic mass is 16.5. The summed E-state index contributed by atoms with van der Waals surface area (Å²) in [5.74, 6) is 0.651. The first-order valence-electron chi connectivity index (χ1n) is 10.4. The van der Waals surface area contributed by atoms with Crippen molar-refractivity contribution in [3.63, 3.8) is 0 Å². The summed E-state index contributed by atoms with van der Waals surface area (Å²) in [6.07, 6.45) is 1.37. The van der Waals surface area contributed by atoms with Gasteiger partial charge >= 0.3 is 6.03 Å². The molecular formula is C24H24N6O3. The molecule has 4 aromatic rings. The van der Waals surface area contributed by atoms with Gasteiger partial charge in [0.1, 0.15) is 17.6 Å². The number of nitrogens with two attached hydrogens (primary N) is 1. The number of methoxy groups -OCH3 is 1. The zero-order chi connectivity index (χ0) is 23.5. The molecule has 2 amide bonds. The number of hydrogen-bond acceptors (Lipinski definition) is 6. The van der Waals surface area contributed by atoms with E-state index in [0.29, 0.717) is 33.8 Å². The number of urea groups is 1. The number of anilines is 3. The number of carbonyl (C=O) groups is 2. The molecule has 0 atom stereocenters. The molecule has 4 rings (SSSR count). The largest absolute Gasteiger partial charge is 0.495 e. The summed E-state index contributed by atoms with van der Waals surface area (Å²) in [5.41, 5.74) is 9.21. The molecule has 0 aliphatic heterocycles. The van der Waals surface area contributed by atoms with Crippen molar-refractivity contribution in [2.45, 2.75) is 19.8 Å². The quantitative estimate of drug-likeness (QED) is 0.381. The maximum Gasteiger partial charge on any atom is 0.323 e. The van der Waals surface area contributed by atoms with Crippen LogP contribution in [0.2, 0.25) is 0 Å². The second kappa shape index (κ2) is 8.99. The molecule has 2 heterocycles. The van der Waals surface area contributed by atoms with Gasteiger partial charge in [-0.25, -0.2) is 14.3 Å². The van der Waals surface area contributed by atoms with Crippen LogP contribution in [0.3, 0.4) is 0 Å². The van der Waals surface area contributed by atoms with Crippen molar-refractivity contribution in [1.29, 1.82) is 0 Å². The van der Waals surface area contributed by atoms with Gasteiger partial charge in [0, 0.05) is 16.9 Å². The zero-order valence-electron chi connectivity index (χ0n) is 18.5. The Morgan fingerprint density at radius 3 is 2.61 bits per heavy atom. The Hall–Kier alpha value is -4.40. The molecule has 168 valence electrons. The minimum Gasteiger partial charge on any atom is -0.495 e. The number of fused-ring (bicyclic) bond motifs is 1. The summed E-state index contributed by atoms with van der Waals surface area (Å²) in [4.78, 5) is 29.9. The van der Waals surface area contributed by atoms with Gasteiger partial charge in [-0.15, -0.1) is 0 Å². The van der Waals surface area contributed by atoms with E-state index in [-0.39, 0.29) is 17.5 Å². The molecule has 2 aromatic heterocycles. The fourth-order valence-corrected chi connectivity index (χ4v) is 3.60. The Bertz CT molecular complexity index is 1350. The third-order valence-corrected chi connectivity index (χ3v) is 5.18. The van der Waals surface area contributed by atoms with Gasteiger partial charge in [-0.1, -0.05) is 38.1 Å². The smallest absolute Gasteiger partial charge is 0.323 e. The number of nitrogen functional groups attached to an aromatic ring is 1. The van der Waals surface area contributed by atoms with Crippen LogP contribution in [-0.2, 0) is 0 Å². The standard InChI is InChI=1S/C24H24N6O3/c1-14(2)19-12-17(21-23(25)26-13-27-30(19)21)22(31)15-7-6-8-16(11-15)28-24(32)29-18-9-4-5-10-20(18)33-3/h4-14H,1-3H3,(H2,25,26,27)(H2,28,29,32). The molecule has 0 aliphatic carbocycles. The van der Waals surface area contributed by atoms with Crippen molar-refractivity contribution in [3.8, 4) is 5.75 Å². The number of amides is 2. The van der Waals surface area contributed by atoms with E-state index in [1.54, 1.807) is 53.0 Å². The predicted octanol–water partition coefficient (Wildman–Crippen LogP) is 4.32. The van der Waals surface area contributed by atoms with Gasteiger partial charge in [-0.05, 0) is 36.2 Å². The summed E-state index contributed by atoms with van der Waals surface area (Å²) in [5, 5.41) is 9.76. The van der Waals surface area contributed by atoms with Crippen LogP contribution in [0.5, 0.6) is 5.75 Å². The van der Waals surface area contributed by atoms with Crippen LogP contribution in [0, 0.1) is 0 Å². The van der Waals surface area contributed by atoms with Crippen molar-refractivity contribution in [2.24, 2.45) is 0 Å². The van der Waals surface area contributed by atoms with Crippen molar-refractivity contribution in [2.75, 3.05) is 23.5 Å². The maximum absolute atomic E-state index is 13.4. The molecule has 0 spiro atoms. The summed E-state index contributed by atoms with van der Waals surface area (Å²) in [6, 6.07) is 15.1. The van der Waals surface area contributed by atoms with Crippen LogP contribution >= 0.6 is 0 Å². The zero-order valence-corrected chi connectivity index (χ0v) is 18.5. The average molecular weight is 444 g/mol. The number of rotatable bonds is 6. The molecule has 0 saturated heterocycles. The van der Waals surface area contributed by atoms with Crippen molar-refractivity contribution >= 4 is 34.5 Å². The molecule has 9 heteroatoms. The van der Waals surface area contributed by atoms with Gasteiger partial charge < -0.3 is 21.1 Å². The van der Waals surface area contributed by atoms with E-state index in [1.807, 2.05) is 19.9 Å². The fraction of sp³-hybridized carbons (Fsp3) is 0.167. The molecular weight excluding hydrogens is 420 g/mol. The molecule has 0 unspecified atom stereocenters. The monoisotopic (exact) mass is 444 g/mol. The third-order valence-electron chi connectivity index (χ3n) is 5.18. The first kappa shape index (κ1) is 21.8. The molecule has 0 bridgehead atoms. The number of ketones is 1. The SMILES string of the molecule is COc1ccccc1NC(=O)Nc1cccc(C(=O)c2cc(C(C)C)n3ncnc(N)c23)c1. The lowest BCUT2D eigenvalue weighted by Gasteiger charge is -2.11. The number of benzene rings is 2. The number of nitrogens with one attached hydrogen (secondary N) is 2. The summed E-state index contributed by atoms with van der Waals surface area (Å²) in [6.45, 7) is 4.03. The maximum atomic E-state index is 13.4. The van der Waals surface area contributed by atoms with Gasteiger partial charge in [0.2, 0.25) is 0 Å². The Morgan fingerprint density at radius 2 is 1.85 bits per heavy atom. The van der Waals surface area contributed by atoms with Crippen LogP contribution in [0.4, 0.5) is 22.0 Å². The molecule has 4 N–H and O–H groups in total. The van der Waals surface area contributed by atoms with Crippen LogP contribution in [0.15, 0.2) is 60.9 Å². The van der Waals surface area contributed by atoms with Crippen molar-refractivity contribution in [1.82, 2.24) is 14.6 Å². The molecule has 0 fully saturated rings. The lowest BCUT2D eigenvalue weighted by Crippen LogP contribution is -2.20. The topological polar surface area (TPSA) is 124 Å². The van der Waals surface area contributed by atoms with E-state index >= 15 is 0 Å². The normalized spacial score (nSPS) is 10.9. The molecule has 0 aliphatic rings. The Morgan fingerprint density at radius 1 is 1.06 bits per heavy atom. The molecule has 9 nitrogen and oxygen atoms in total. The van der Waals surface area contributed by atoms with Gasteiger partial charge in [0.25, 0.3) is 0 Å². The second-order valence-corrected chi connectivity index (χ2v) is 7.73. The highest BCUT2D eigenvalue weighted by Crippen LogP contribution is 2.28. The van der Waals surface area contributed by atoms with Gasteiger partial charge in [-0.2, -0.15) is 5.10 Å². The lowest BCUT2D eigenvalue weighted by atomic mass is 10.0. The summed E-state index contributed by atoms with van der Waals surface area (Å²) in [7, 11) is 1.53. The van der Waals surface area contributed by atoms with Gasteiger partial charge in [0.05, 0.1) is 18.4 Å².